The van der Waals surface area contributed by atoms with Crippen molar-refractivity contribution in [2.75, 3.05) is 0 Å². The third kappa shape index (κ3) is 6.04. The molecular formula is C34H39N3O4. The van der Waals surface area contributed by atoms with Crippen LogP contribution in [0.5, 0.6) is 0 Å². The Hall–Kier alpha value is -4.39. The van der Waals surface area contributed by atoms with Crippen molar-refractivity contribution in [2.24, 2.45) is 5.92 Å². The Kier molecular flexibility index (Phi) is 8.66. The van der Waals surface area contributed by atoms with Gasteiger partial charge in [0.15, 0.2) is 0 Å². The van der Waals surface area contributed by atoms with E-state index >= 15 is 0 Å². The number of amides is 1. The average molecular weight is 554 g/mol. The van der Waals surface area contributed by atoms with Gasteiger partial charge in [-0.25, -0.2) is 14.6 Å². The number of benzene rings is 3. The first kappa shape index (κ1) is 29.6. The van der Waals surface area contributed by atoms with Crippen LogP contribution in [-0.2, 0) is 15.1 Å². The van der Waals surface area contributed by atoms with E-state index in [-0.39, 0.29) is 5.92 Å². The van der Waals surface area contributed by atoms with Gasteiger partial charge in [0.2, 0.25) is 0 Å². The van der Waals surface area contributed by atoms with Gasteiger partial charge in [0.1, 0.15) is 17.2 Å². The van der Waals surface area contributed by atoms with E-state index < -0.39 is 35.3 Å². The number of aliphatic carboxylic acids is 1. The minimum atomic E-state index is -1.10. The number of nitrogens with zero attached hydrogens (tertiary/aromatic N) is 3. The Bertz CT molecular complexity index is 1350. The second-order valence-corrected chi connectivity index (χ2v) is 11.6. The fourth-order valence-electron chi connectivity index (χ4n) is 5.42. The van der Waals surface area contributed by atoms with Crippen LogP contribution >= 0.6 is 0 Å². The van der Waals surface area contributed by atoms with Crippen molar-refractivity contribution in [3.05, 3.63) is 126 Å². The molecule has 4 rings (SSSR count). The summed E-state index contributed by atoms with van der Waals surface area (Å²) in [6, 6.07) is 28.8. The van der Waals surface area contributed by atoms with Crippen molar-refractivity contribution in [1.29, 1.82) is 0 Å². The van der Waals surface area contributed by atoms with Crippen molar-refractivity contribution in [3.8, 4) is 0 Å². The highest BCUT2D eigenvalue weighted by Crippen LogP contribution is 2.41. The molecule has 7 nitrogen and oxygen atoms in total. The molecule has 0 fully saturated rings. The molecule has 0 radical (unpaired) electrons. The van der Waals surface area contributed by atoms with E-state index in [1.807, 2.05) is 60.8 Å². The van der Waals surface area contributed by atoms with Crippen molar-refractivity contribution in [1.82, 2.24) is 14.5 Å². The minimum Gasteiger partial charge on any atom is -0.480 e. The summed E-state index contributed by atoms with van der Waals surface area (Å²) in [7, 11) is 0. The third-order valence-corrected chi connectivity index (χ3v) is 7.20. The van der Waals surface area contributed by atoms with Crippen molar-refractivity contribution >= 4 is 12.1 Å². The smallest absolute Gasteiger partial charge is 0.411 e. The largest absolute Gasteiger partial charge is 0.480 e. The second kappa shape index (κ2) is 12.0. The molecule has 214 valence electrons. The normalized spacial score (nSPS) is 13.4. The van der Waals surface area contributed by atoms with Crippen molar-refractivity contribution in [3.63, 3.8) is 0 Å². The van der Waals surface area contributed by atoms with Crippen molar-refractivity contribution < 1.29 is 19.4 Å². The zero-order valence-corrected chi connectivity index (χ0v) is 24.6. The Labute approximate surface area is 242 Å². The number of imidazole rings is 1. The first-order chi connectivity index (χ1) is 19.5. The van der Waals surface area contributed by atoms with Gasteiger partial charge in [-0.1, -0.05) is 105 Å². The molecule has 41 heavy (non-hydrogen) atoms. The molecule has 0 saturated carbocycles. The van der Waals surface area contributed by atoms with Gasteiger partial charge in [0.25, 0.3) is 0 Å². The number of hydrogen-bond donors (Lipinski definition) is 1. The summed E-state index contributed by atoms with van der Waals surface area (Å²) in [5, 5.41) is 10.2. The van der Waals surface area contributed by atoms with Gasteiger partial charge in [-0.15, -0.1) is 0 Å². The van der Waals surface area contributed by atoms with Gasteiger partial charge in [0, 0.05) is 6.20 Å². The Morgan fingerprint density at radius 2 is 1.24 bits per heavy atom. The van der Waals surface area contributed by atoms with Crippen LogP contribution in [0.15, 0.2) is 104 Å². The van der Waals surface area contributed by atoms with E-state index in [1.54, 1.807) is 47.9 Å². The molecule has 1 heterocycles. The lowest BCUT2D eigenvalue weighted by atomic mass is 9.77. The molecule has 0 aliphatic carbocycles. The van der Waals surface area contributed by atoms with Crippen LogP contribution in [0.2, 0.25) is 0 Å². The average Bonchev–Trinajstić information content (AvgIpc) is 3.43. The second-order valence-electron chi connectivity index (χ2n) is 11.6. The Balaban J connectivity index is 1.92. The standard InChI is InChI=1S/C34H39N3O4/c1-24(2)30(31(38)39)37(32(40)41-33(4,5)6)25(3)29-22-36(23-35-29)34(26-16-10-7-11-17-26,27-18-12-8-13-19-27)28-20-14-9-15-21-28/h7-25,30H,1-6H3,(H,38,39)/t25?,30-/m0/s1. The Morgan fingerprint density at radius 3 is 1.61 bits per heavy atom. The van der Waals surface area contributed by atoms with Gasteiger partial charge in [-0.2, -0.15) is 0 Å². The van der Waals surface area contributed by atoms with Crippen LogP contribution in [0, 0.1) is 5.92 Å². The van der Waals surface area contributed by atoms with Crippen molar-refractivity contribution in [2.45, 2.75) is 64.8 Å². The summed E-state index contributed by atoms with van der Waals surface area (Å²) < 4.78 is 7.75. The Morgan fingerprint density at radius 1 is 0.805 bits per heavy atom. The number of rotatable bonds is 9. The predicted molar refractivity (Wildman–Crippen MR) is 160 cm³/mol. The summed E-state index contributed by atoms with van der Waals surface area (Å²) in [5.41, 5.74) is 2.07. The number of aromatic nitrogens is 2. The van der Waals surface area contributed by atoms with Gasteiger partial charge >= 0.3 is 12.1 Å². The van der Waals surface area contributed by atoms with Crippen LogP contribution < -0.4 is 0 Å². The quantitative estimate of drug-likeness (QED) is 0.223. The van der Waals surface area contributed by atoms with E-state index in [4.69, 9.17) is 9.72 Å². The number of carboxylic acids is 1. The fraction of sp³-hybridized carbons (Fsp3) is 0.324. The van der Waals surface area contributed by atoms with E-state index in [0.717, 1.165) is 16.7 Å². The van der Waals surface area contributed by atoms with Crippen LogP contribution in [0.25, 0.3) is 0 Å². The molecule has 0 bridgehead atoms. The molecule has 1 aromatic heterocycles. The van der Waals surface area contributed by atoms with Crippen LogP contribution in [0.4, 0.5) is 4.79 Å². The summed E-state index contributed by atoms with van der Waals surface area (Å²) in [5.74, 6) is -1.45. The zero-order valence-electron chi connectivity index (χ0n) is 24.6. The molecule has 1 unspecified atom stereocenters. The first-order valence-electron chi connectivity index (χ1n) is 13.9. The van der Waals surface area contributed by atoms with E-state index in [1.165, 1.54) is 4.90 Å². The number of hydrogen-bond acceptors (Lipinski definition) is 4. The molecule has 1 N–H and O–H groups in total. The molecule has 0 spiro atoms. The molecule has 0 aliphatic rings. The van der Waals surface area contributed by atoms with E-state index in [9.17, 15) is 14.7 Å². The van der Waals surface area contributed by atoms with Crippen LogP contribution in [0.1, 0.15) is 70.0 Å². The van der Waals surface area contributed by atoms with Gasteiger partial charge in [0.05, 0.1) is 18.1 Å². The maximum absolute atomic E-state index is 13.5. The molecule has 7 heteroatoms. The highest BCUT2D eigenvalue weighted by atomic mass is 16.6. The molecule has 0 aliphatic heterocycles. The highest BCUT2D eigenvalue weighted by molar-refractivity contribution is 5.80. The number of carbonyl (C=O) groups is 2. The van der Waals surface area contributed by atoms with Gasteiger partial charge < -0.3 is 14.4 Å². The van der Waals surface area contributed by atoms with Crippen LogP contribution in [-0.4, -0.2) is 43.3 Å². The molecule has 3 aromatic carbocycles. The molecule has 1 amide bonds. The lowest BCUT2D eigenvalue weighted by molar-refractivity contribution is -0.146. The lowest BCUT2D eigenvalue weighted by Crippen LogP contribution is -2.50. The topological polar surface area (TPSA) is 84.7 Å². The molecule has 2 atom stereocenters. The lowest BCUT2D eigenvalue weighted by Gasteiger charge is -2.38. The monoisotopic (exact) mass is 553 g/mol. The van der Waals surface area contributed by atoms with Gasteiger partial charge in [-0.05, 0) is 50.3 Å². The first-order valence-corrected chi connectivity index (χ1v) is 13.9. The zero-order chi connectivity index (χ0) is 29.8. The van der Waals surface area contributed by atoms with Gasteiger partial charge in [-0.3, -0.25) is 4.90 Å². The van der Waals surface area contributed by atoms with Crippen LogP contribution in [0.3, 0.4) is 0 Å². The number of ether oxygens (including phenoxy) is 1. The summed E-state index contributed by atoms with van der Waals surface area (Å²) in [4.78, 5) is 32.0. The number of carbonyl (C=O) groups excluding carboxylic acids is 1. The summed E-state index contributed by atoms with van der Waals surface area (Å²) >= 11 is 0. The maximum Gasteiger partial charge on any atom is 0.411 e. The number of carboxylic acid groups (broad SMARTS) is 1. The third-order valence-electron chi connectivity index (χ3n) is 7.20. The SMILES string of the molecule is CC(C)[C@@H](C(=O)O)N(C(=O)OC(C)(C)C)C(C)c1cn(C(c2ccccc2)(c2ccccc2)c2ccccc2)cn1. The van der Waals surface area contributed by atoms with E-state index in [2.05, 4.69) is 41.0 Å². The van der Waals surface area contributed by atoms with E-state index in [0.29, 0.717) is 5.69 Å². The molecule has 0 saturated heterocycles. The minimum absolute atomic E-state index is 0.360. The molecular weight excluding hydrogens is 514 g/mol. The predicted octanol–water partition coefficient (Wildman–Crippen LogP) is 7.13. The summed E-state index contributed by atoms with van der Waals surface area (Å²) in [6.07, 6.45) is 2.98. The molecule has 4 aromatic rings. The fourth-order valence-corrected chi connectivity index (χ4v) is 5.42. The highest BCUT2D eigenvalue weighted by Gasteiger charge is 2.42. The summed E-state index contributed by atoms with van der Waals surface area (Å²) in [6.45, 7) is 10.7. The maximum atomic E-state index is 13.5.